The molecular weight excluding hydrogens is 528 g/mol. The van der Waals surface area contributed by atoms with Gasteiger partial charge in [-0.3, -0.25) is 9.69 Å². The largest absolute Gasteiger partial charge is 0.480 e. The third-order valence-electron chi connectivity index (χ3n) is 9.39. The Bertz CT molecular complexity index is 1430. The number of carboxylic acids is 1. The number of carboxylic acid groups (broad SMARTS) is 1. The van der Waals surface area contributed by atoms with E-state index < -0.39 is 17.6 Å². The SMILES string of the molecule is O=C(O)C(c1cccc2ccccc12)N1C[C@@H](CN2CCC(O)(CCCc3ccccc3)CC2)[C@H](c2ccsc2)C1. The highest BCUT2D eigenvalue weighted by Gasteiger charge is 2.42. The maximum atomic E-state index is 12.8. The van der Waals surface area contributed by atoms with Gasteiger partial charge in [0.25, 0.3) is 0 Å². The van der Waals surface area contributed by atoms with Crippen molar-refractivity contribution in [1.82, 2.24) is 9.80 Å². The molecule has 0 amide bonds. The first kappa shape index (κ1) is 28.1. The zero-order valence-corrected chi connectivity index (χ0v) is 24.4. The van der Waals surface area contributed by atoms with Crippen LogP contribution in [0.4, 0.5) is 0 Å². The molecule has 1 aromatic heterocycles. The topological polar surface area (TPSA) is 64.0 Å². The van der Waals surface area contributed by atoms with E-state index in [1.165, 1.54) is 11.1 Å². The van der Waals surface area contributed by atoms with Crippen molar-refractivity contribution in [1.29, 1.82) is 0 Å². The predicted molar refractivity (Wildman–Crippen MR) is 166 cm³/mol. The molecule has 2 N–H and O–H groups in total. The number of piperidine rings is 1. The molecule has 6 rings (SSSR count). The number of rotatable bonds is 10. The summed E-state index contributed by atoms with van der Waals surface area (Å²) in [6.45, 7) is 4.19. The molecule has 3 heterocycles. The molecule has 3 atom stereocenters. The lowest BCUT2D eigenvalue weighted by atomic mass is 9.84. The van der Waals surface area contributed by atoms with Gasteiger partial charge in [-0.1, -0.05) is 72.8 Å². The third-order valence-corrected chi connectivity index (χ3v) is 10.1. The number of aliphatic carboxylic acids is 1. The van der Waals surface area contributed by atoms with Crippen LogP contribution in [-0.2, 0) is 11.2 Å². The Balaban J connectivity index is 1.13. The highest BCUT2D eigenvalue weighted by Crippen LogP contribution is 2.40. The quantitative estimate of drug-likeness (QED) is 0.226. The normalized spacial score (nSPS) is 22.2. The van der Waals surface area contributed by atoms with Gasteiger partial charge in [0.05, 0.1) is 5.60 Å². The number of aryl methyl sites for hydroxylation is 1. The number of nitrogens with zero attached hydrogens (tertiary/aromatic N) is 2. The van der Waals surface area contributed by atoms with Crippen molar-refractivity contribution in [3.63, 3.8) is 0 Å². The molecule has 2 aliphatic heterocycles. The van der Waals surface area contributed by atoms with Crippen LogP contribution in [-0.4, -0.2) is 64.3 Å². The molecule has 2 saturated heterocycles. The second kappa shape index (κ2) is 12.5. The molecule has 6 heteroatoms. The van der Waals surface area contributed by atoms with Crippen LogP contribution < -0.4 is 0 Å². The second-order valence-electron chi connectivity index (χ2n) is 12.1. The van der Waals surface area contributed by atoms with Crippen molar-refractivity contribution in [2.24, 2.45) is 5.92 Å². The minimum atomic E-state index is -0.787. The number of thiophene rings is 1. The van der Waals surface area contributed by atoms with Crippen molar-refractivity contribution < 1.29 is 15.0 Å². The van der Waals surface area contributed by atoms with Gasteiger partial charge in [-0.2, -0.15) is 11.3 Å². The molecule has 2 aliphatic rings. The van der Waals surface area contributed by atoms with Crippen LogP contribution in [0.25, 0.3) is 10.8 Å². The molecule has 4 aromatic rings. The summed E-state index contributed by atoms with van der Waals surface area (Å²) in [4.78, 5) is 17.5. The molecule has 5 nitrogen and oxygen atoms in total. The molecule has 0 radical (unpaired) electrons. The van der Waals surface area contributed by atoms with Crippen molar-refractivity contribution in [2.75, 3.05) is 32.7 Å². The van der Waals surface area contributed by atoms with Gasteiger partial charge < -0.3 is 15.1 Å². The molecule has 3 aromatic carbocycles. The fourth-order valence-corrected chi connectivity index (χ4v) is 7.86. The van der Waals surface area contributed by atoms with Gasteiger partial charge in [-0.15, -0.1) is 0 Å². The van der Waals surface area contributed by atoms with Crippen LogP contribution >= 0.6 is 11.3 Å². The van der Waals surface area contributed by atoms with Gasteiger partial charge in [-0.25, -0.2) is 0 Å². The standard InChI is InChI=1S/C35H40N2O3S/c38-34(39)33(31-14-6-12-27-11-4-5-13-30(27)31)37-23-29(32(24-37)28-15-21-41-25-28)22-36-19-17-35(40,18-20-36)16-7-10-26-8-2-1-3-9-26/h1-6,8-9,11-15,21,25,29,32-33,40H,7,10,16-20,22-24H2,(H,38,39)/t29-,32+,33?/m1/s1. The summed E-state index contributed by atoms with van der Waals surface area (Å²) >= 11 is 1.71. The Morgan fingerprint density at radius 3 is 2.46 bits per heavy atom. The summed E-state index contributed by atoms with van der Waals surface area (Å²) in [5.74, 6) is -0.153. The molecule has 41 heavy (non-hydrogen) atoms. The van der Waals surface area contributed by atoms with E-state index >= 15 is 0 Å². The molecule has 2 fully saturated rings. The van der Waals surface area contributed by atoms with E-state index in [-0.39, 0.29) is 0 Å². The van der Waals surface area contributed by atoms with Gasteiger partial charge in [0, 0.05) is 38.6 Å². The van der Waals surface area contributed by atoms with Gasteiger partial charge in [0.1, 0.15) is 6.04 Å². The molecule has 0 spiro atoms. The number of benzene rings is 3. The Morgan fingerprint density at radius 1 is 0.951 bits per heavy atom. The average Bonchev–Trinajstić information content (AvgIpc) is 3.66. The summed E-state index contributed by atoms with van der Waals surface area (Å²) in [7, 11) is 0. The molecule has 1 unspecified atom stereocenters. The first-order chi connectivity index (χ1) is 20.0. The molecule has 0 saturated carbocycles. The van der Waals surface area contributed by atoms with E-state index in [4.69, 9.17) is 0 Å². The van der Waals surface area contributed by atoms with Crippen molar-refractivity contribution >= 4 is 28.1 Å². The Hall–Kier alpha value is -3.03. The Kier molecular flexibility index (Phi) is 8.54. The highest BCUT2D eigenvalue weighted by molar-refractivity contribution is 7.08. The number of fused-ring (bicyclic) bond motifs is 1. The van der Waals surface area contributed by atoms with E-state index in [1.54, 1.807) is 11.3 Å². The monoisotopic (exact) mass is 568 g/mol. The zero-order valence-electron chi connectivity index (χ0n) is 23.6. The number of hydrogen-bond donors (Lipinski definition) is 2. The van der Waals surface area contributed by atoms with Gasteiger partial charge >= 0.3 is 5.97 Å². The van der Waals surface area contributed by atoms with Crippen LogP contribution in [0.1, 0.15) is 54.3 Å². The Labute approximate surface area is 247 Å². The fourth-order valence-electron chi connectivity index (χ4n) is 7.14. The third kappa shape index (κ3) is 6.41. The smallest absolute Gasteiger partial charge is 0.325 e. The average molecular weight is 569 g/mol. The van der Waals surface area contributed by atoms with Crippen molar-refractivity contribution in [3.8, 4) is 0 Å². The van der Waals surface area contributed by atoms with Gasteiger partial charge in [0.15, 0.2) is 0 Å². The molecule has 214 valence electrons. The maximum Gasteiger partial charge on any atom is 0.325 e. The van der Waals surface area contributed by atoms with Gasteiger partial charge in [0.2, 0.25) is 0 Å². The highest BCUT2D eigenvalue weighted by atomic mass is 32.1. The van der Waals surface area contributed by atoms with E-state index in [9.17, 15) is 15.0 Å². The zero-order chi connectivity index (χ0) is 28.2. The first-order valence-corrected chi connectivity index (χ1v) is 15.9. The van der Waals surface area contributed by atoms with E-state index in [0.29, 0.717) is 11.8 Å². The second-order valence-corrected chi connectivity index (χ2v) is 12.8. The first-order valence-electron chi connectivity index (χ1n) is 14.9. The summed E-state index contributed by atoms with van der Waals surface area (Å²) in [6.07, 6.45) is 4.46. The van der Waals surface area contributed by atoms with Crippen molar-refractivity contribution in [3.05, 3.63) is 106 Å². The molecule has 0 aliphatic carbocycles. The van der Waals surface area contributed by atoms with Crippen LogP contribution in [0.3, 0.4) is 0 Å². The summed E-state index contributed by atoms with van der Waals surface area (Å²) in [5, 5.41) is 28.3. The number of hydrogen-bond acceptors (Lipinski definition) is 5. The summed E-state index contributed by atoms with van der Waals surface area (Å²) in [6, 6.07) is 26.2. The summed E-state index contributed by atoms with van der Waals surface area (Å²) in [5.41, 5.74) is 2.95. The lowest BCUT2D eigenvalue weighted by Crippen LogP contribution is -2.46. The van der Waals surface area contributed by atoms with E-state index in [2.05, 4.69) is 63.0 Å². The minimum Gasteiger partial charge on any atom is -0.480 e. The lowest BCUT2D eigenvalue weighted by Gasteiger charge is -2.40. The number of carbonyl (C=O) groups is 1. The van der Waals surface area contributed by atoms with Crippen LogP contribution in [0.5, 0.6) is 0 Å². The minimum absolute atomic E-state index is 0.296. The van der Waals surface area contributed by atoms with Crippen LogP contribution in [0, 0.1) is 5.92 Å². The Morgan fingerprint density at radius 2 is 1.71 bits per heavy atom. The van der Waals surface area contributed by atoms with E-state index in [1.807, 2.05) is 36.4 Å². The van der Waals surface area contributed by atoms with E-state index in [0.717, 1.165) is 81.2 Å². The fraction of sp³-hybridized carbons (Fsp3) is 0.400. The summed E-state index contributed by atoms with van der Waals surface area (Å²) < 4.78 is 0. The predicted octanol–water partition coefficient (Wildman–Crippen LogP) is 6.59. The maximum absolute atomic E-state index is 12.8. The van der Waals surface area contributed by atoms with Gasteiger partial charge in [-0.05, 0) is 82.3 Å². The number of likely N-dealkylation sites (tertiary alicyclic amines) is 2. The van der Waals surface area contributed by atoms with Crippen LogP contribution in [0.2, 0.25) is 0 Å². The van der Waals surface area contributed by atoms with Crippen molar-refractivity contribution in [2.45, 2.75) is 49.7 Å². The number of aliphatic hydroxyl groups is 1. The lowest BCUT2D eigenvalue weighted by molar-refractivity contribution is -0.143. The van der Waals surface area contributed by atoms with Crippen LogP contribution in [0.15, 0.2) is 89.6 Å². The molecular formula is C35H40N2O3S. The molecule has 0 bridgehead atoms.